The Morgan fingerprint density at radius 3 is 2.00 bits per heavy atom. The minimum Gasteiger partial charge on any atom is -0.383 e. The number of rotatable bonds is 8. The Morgan fingerprint density at radius 1 is 0.968 bits per heavy atom. The van der Waals surface area contributed by atoms with Crippen LogP contribution in [-0.2, 0) is 16.7 Å². The summed E-state index contributed by atoms with van der Waals surface area (Å²) in [5, 5.41) is 3.16. The molecule has 0 saturated carbocycles. The maximum Gasteiger partial charge on any atom is 0.322 e. The van der Waals surface area contributed by atoms with E-state index >= 15 is 0 Å². The van der Waals surface area contributed by atoms with Gasteiger partial charge in [0.2, 0.25) is 0 Å². The van der Waals surface area contributed by atoms with Crippen molar-refractivity contribution in [2.45, 2.75) is 66.0 Å². The molecular weight excluding hydrogens is 412 g/mol. The number of anilines is 1. The molecule has 0 radical (unpaired) electrons. The van der Waals surface area contributed by atoms with E-state index in [0.29, 0.717) is 6.54 Å². The number of carbonyl (C=O) groups excluding carboxylic acids is 1. The summed E-state index contributed by atoms with van der Waals surface area (Å²) in [6.45, 7) is 12.7. The topological polar surface area (TPSA) is 75.7 Å². The van der Waals surface area contributed by atoms with Crippen molar-refractivity contribution in [1.82, 2.24) is 4.90 Å². The number of hydrogen-bond acceptors (Lipinski definition) is 4. The Bertz CT molecular complexity index is 988. The lowest BCUT2D eigenvalue weighted by molar-refractivity contribution is 0.193. The fourth-order valence-electron chi connectivity index (χ4n) is 3.43. The Balaban J connectivity index is 2.32. The van der Waals surface area contributed by atoms with Crippen LogP contribution in [-0.4, -0.2) is 31.6 Å². The van der Waals surface area contributed by atoms with Gasteiger partial charge in [-0.2, -0.15) is 8.42 Å². The maximum absolute atomic E-state index is 13.3. The molecule has 2 aromatic carbocycles. The lowest BCUT2D eigenvalue weighted by atomic mass is 9.92. The van der Waals surface area contributed by atoms with Crippen molar-refractivity contribution in [3.63, 3.8) is 0 Å². The van der Waals surface area contributed by atoms with E-state index in [1.165, 1.54) is 0 Å². The molecule has 2 aromatic rings. The van der Waals surface area contributed by atoms with Gasteiger partial charge in [-0.15, -0.1) is 0 Å². The average molecular weight is 447 g/mol. The standard InChI is InChI=1S/C24H34N2O4S/c1-16(2)21-12-9-13-22(17(3)4)23(21)25-24(27)26(18(5)6)15-19-10-8-11-20(14-19)30-31(7,28)29/h8-14,16-18H,15H2,1-7H3,(H,25,27). The highest BCUT2D eigenvalue weighted by atomic mass is 32.2. The van der Waals surface area contributed by atoms with Gasteiger partial charge in [0.25, 0.3) is 0 Å². The Hall–Kier alpha value is -2.54. The van der Waals surface area contributed by atoms with E-state index in [1.807, 2.05) is 26.0 Å². The van der Waals surface area contributed by atoms with Crippen LogP contribution in [0, 0.1) is 0 Å². The number of nitrogens with zero attached hydrogens (tertiary/aromatic N) is 1. The molecule has 0 unspecified atom stereocenters. The lowest BCUT2D eigenvalue weighted by Gasteiger charge is -2.29. The normalized spacial score (nSPS) is 11.8. The largest absolute Gasteiger partial charge is 0.383 e. The SMILES string of the molecule is CC(C)c1cccc(C(C)C)c1NC(=O)N(Cc1cccc(OS(C)(=O)=O)c1)C(C)C. The van der Waals surface area contributed by atoms with Gasteiger partial charge in [-0.1, -0.05) is 58.0 Å². The van der Waals surface area contributed by atoms with Crippen LogP contribution < -0.4 is 9.50 Å². The van der Waals surface area contributed by atoms with Gasteiger partial charge in [0.05, 0.1) is 6.26 Å². The van der Waals surface area contributed by atoms with Crippen LogP contribution in [0.5, 0.6) is 5.75 Å². The van der Waals surface area contributed by atoms with Crippen LogP contribution in [0.1, 0.15) is 70.1 Å². The molecule has 0 saturated heterocycles. The number of nitrogens with one attached hydrogen (secondary N) is 1. The summed E-state index contributed by atoms with van der Waals surface area (Å²) in [6, 6.07) is 12.7. The van der Waals surface area contributed by atoms with Crippen molar-refractivity contribution < 1.29 is 17.4 Å². The molecule has 0 bridgehead atoms. The molecule has 0 aliphatic heterocycles. The summed E-state index contributed by atoms with van der Waals surface area (Å²) >= 11 is 0. The van der Waals surface area contributed by atoms with Crippen LogP contribution >= 0.6 is 0 Å². The Morgan fingerprint density at radius 2 is 1.52 bits per heavy atom. The van der Waals surface area contributed by atoms with Crippen molar-refractivity contribution >= 4 is 21.8 Å². The average Bonchev–Trinajstić information content (AvgIpc) is 2.64. The number of amides is 2. The van der Waals surface area contributed by atoms with E-state index < -0.39 is 10.1 Å². The molecule has 0 heterocycles. The van der Waals surface area contributed by atoms with Crippen molar-refractivity contribution in [3.05, 3.63) is 59.2 Å². The van der Waals surface area contributed by atoms with Crippen molar-refractivity contribution in [2.75, 3.05) is 11.6 Å². The van der Waals surface area contributed by atoms with E-state index in [0.717, 1.165) is 28.6 Å². The minimum absolute atomic E-state index is 0.0619. The third-order valence-electron chi connectivity index (χ3n) is 4.99. The summed E-state index contributed by atoms with van der Waals surface area (Å²) in [5.41, 5.74) is 3.86. The van der Waals surface area contributed by atoms with Gasteiger partial charge in [-0.25, -0.2) is 4.79 Å². The van der Waals surface area contributed by atoms with Crippen LogP contribution in [0.25, 0.3) is 0 Å². The summed E-state index contributed by atoms with van der Waals surface area (Å²) in [5.74, 6) is 0.772. The molecule has 0 atom stereocenters. The monoisotopic (exact) mass is 446 g/mol. The van der Waals surface area contributed by atoms with Crippen molar-refractivity contribution in [1.29, 1.82) is 0 Å². The zero-order valence-corrected chi connectivity index (χ0v) is 20.3. The van der Waals surface area contributed by atoms with Gasteiger partial charge >= 0.3 is 16.1 Å². The van der Waals surface area contributed by atoms with Crippen molar-refractivity contribution in [3.8, 4) is 5.75 Å². The van der Waals surface area contributed by atoms with Crippen molar-refractivity contribution in [2.24, 2.45) is 0 Å². The van der Waals surface area contributed by atoms with E-state index in [-0.39, 0.29) is 29.7 Å². The first-order chi connectivity index (χ1) is 14.4. The van der Waals surface area contributed by atoms with Gasteiger partial charge in [-0.3, -0.25) is 0 Å². The van der Waals surface area contributed by atoms with E-state index in [9.17, 15) is 13.2 Å². The third-order valence-corrected chi connectivity index (χ3v) is 5.48. The van der Waals surface area contributed by atoms with Gasteiger partial charge in [-0.05, 0) is 54.5 Å². The second-order valence-corrected chi connectivity index (χ2v) is 10.3. The molecule has 31 heavy (non-hydrogen) atoms. The highest BCUT2D eigenvalue weighted by Crippen LogP contribution is 2.33. The first-order valence-electron chi connectivity index (χ1n) is 10.6. The van der Waals surface area contributed by atoms with Gasteiger partial charge in [0.1, 0.15) is 5.75 Å². The minimum atomic E-state index is -3.61. The molecule has 170 valence electrons. The second-order valence-electron chi connectivity index (χ2n) is 8.71. The predicted molar refractivity (Wildman–Crippen MR) is 126 cm³/mol. The van der Waals surface area contributed by atoms with Crippen LogP contribution in [0.15, 0.2) is 42.5 Å². The van der Waals surface area contributed by atoms with E-state index in [1.54, 1.807) is 23.1 Å². The highest BCUT2D eigenvalue weighted by molar-refractivity contribution is 7.86. The molecular formula is C24H34N2O4S. The number of benzene rings is 2. The summed E-state index contributed by atoms with van der Waals surface area (Å²) < 4.78 is 27.8. The molecule has 0 aliphatic carbocycles. The second kappa shape index (κ2) is 10.2. The molecule has 6 nitrogen and oxygen atoms in total. The number of para-hydroxylation sites is 1. The van der Waals surface area contributed by atoms with Gasteiger partial charge < -0.3 is 14.4 Å². The molecule has 0 aliphatic rings. The molecule has 7 heteroatoms. The van der Waals surface area contributed by atoms with Crippen LogP contribution in [0.2, 0.25) is 0 Å². The summed E-state index contributed by atoms with van der Waals surface area (Å²) in [4.78, 5) is 15.0. The zero-order chi connectivity index (χ0) is 23.3. The van der Waals surface area contributed by atoms with E-state index in [4.69, 9.17) is 4.18 Å². The Kier molecular flexibility index (Phi) is 8.12. The molecule has 2 rings (SSSR count). The lowest BCUT2D eigenvalue weighted by Crippen LogP contribution is -2.40. The smallest absolute Gasteiger partial charge is 0.322 e. The first kappa shape index (κ1) is 24.7. The maximum atomic E-state index is 13.3. The fraction of sp³-hybridized carbons (Fsp3) is 0.458. The zero-order valence-electron chi connectivity index (χ0n) is 19.5. The quantitative estimate of drug-likeness (QED) is 0.527. The fourth-order valence-corrected chi connectivity index (χ4v) is 3.88. The summed E-state index contributed by atoms with van der Waals surface area (Å²) in [7, 11) is -3.61. The number of carbonyl (C=O) groups is 1. The Labute approximate surface area is 186 Å². The molecule has 0 aromatic heterocycles. The van der Waals surface area contributed by atoms with Gasteiger partial charge in [0.15, 0.2) is 0 Å². The van der Waals surface area contributed by atoms with Crippen LogP contribution in [0.4, 0.5) is 10.5 Å². The van der Waals surface area contributed by atoms with Gasteiger partial charge in [0, 0.05) is 18.3 Å². The molecule has 1 N–H and O–H groups in total. The molecule has 0 spiro atoms. The third kappa shape index (κ3) is 6.99. The molecule has 2 amide bonds. The number of urea groups is 1. The number of hydrogen-bond donors (Lipinski definition) is 1. The van der Waals surface area contributed by atoms with E-state index in [2.05, 4.69) is 45.1 Å². The summed E-state index contributed by atoms with van der Waals surface area (Å²) in [6.07, 6.45) is 1.01. The van der Waals surface area contributed by atoms with Crippen LogP contribution in [0.3, 0.4) is 0 Å². The molecule has 0 fully saturated rings. The highest BCUT2D eigenvalue weighted by Gasteiger charge is 2.22. The first-order valence-corrected chi connectivity index (χ1v) is 12.4. The predicted octanol–water partition coefficient (Wildman–Crippen LogP) is 5.71.